The van der Waals surface area contributed by atoms with E-state index >= 15 is 0 Å². The minimum absolute atomic E-state index is 0.0104. The molecule has 90 valence electrons. The van der Waals surface area contributed by atoms with Crippen LogP contribution in [0.3, 0.4) is 0 Å². The largest absolute Gasteiger partial charge is 0.306 e. The molecule has 0 aromatic carbocycles. The molecular formula is C13H22N2O. The van der Waals surface area contributed by atoms with E-state index in [9.17, 15) is 4.79 Å². The van der Waals surface area contributed by atoms with Crippen molar-refractivity contribution in [3.8, 4) is 0 Å². The first-order chi connectivity index (χ1) is 7.21. The molecule has 0 unspecified atom stereocenters. The van der Waals surface area contributed by atoms with Crippen LogP contribution in [0, 0.1) is 16.7 Å². The van der Waals surface area contributed by atoms with Crippen molar-refractivity contribution in [2.75, 3.05) is 0 Å². The maximum absolute atomic E-state index is 12.2. The van der Waals surface area contributed by atoms with Crippen molar-refractivity contribution < 1.29 is 4.79 Å². The van der Waals surface area contributed by atoms with E-state index in [1.165, 1.54) is 0 Å². The van der Waals surface area contributed by atoms with Crippen LogP contribution in [0.5, 0.6) is 0 Å². The Morgan fingerprint density at radius 2 is 2.00 bits per heavy atom. The number of ketones is 1. The van der Waals surface area contributed by atoms with Gasteiger partial charge in [0.2, 0.25) is 0 Å². The summed E-state index contributed by atoms with van der Waals surface area (Å²) >= 11 is 0. The van der Waals surface area contributed by atoms with Gasteiger partial charge < -0.3 is 5.43 Å². The Kier molecular flexibility index (Phi) is 2.41. The fraction of sp³-hybridized carbons (Fsp3) is 0.846. The summed E-state index contributed by atoms with van der Waals surface area (Å²) in [5.74, 6) is 0.382. The second-order valence-corrected chi connectivity index (χ2v) is 6.97. The molecule has 0 saturated heterocycles. The van der Waals surface area contributed by atoms with E-state index in [0.717, 1.165) is 12.1 Å². The molecule has 0 spiro atoms. The molecule has 2 aliphatic rings. The highest BCUT2D eigenvalue weighted by atomic mass is 16.1. The lowest BCUT2D eigenvalue weighted by molar-refractivity contribution is -0.126. The number of carbonyl (C=O) groups is 1. The third-order valence-electron chi connectivity index (χ3n) is 3.59. The first-order valence-electron chi connectivity index (χ1n) is 6.07. The molecule has 0 aromatic rings. The van der Waals surface area contributed by atoms with E-state index in [0.29, 0.717) is 12.2 Å². The number of carbonyl (C=O) groups excluding carboxylic acids is 1. The molecule has 0 radical (unpaired) electrons. The normalized spacial score (nSPS) is 33.1. The van der Waals surface area contributed by atoms with E-state index in [2.05, 4.69) is 45.1 Å². The second-order valence-electron chi connectivity index (χ2n) is 6.97. The number of rotatable bonds is 0. The minimum atomic E-state index is -0.0104. The Morgan fingerprint density at radius 1 is 1.38 bits per heavy atom. The Morgan fingerprint density at radius 3 is 2.56 bits per heavy atom. The van der Waals surface area contributed by atoms with Crippen molar-refractivity contribution in [1.82, 2.24) is 5.43 Å². The Bertz CT molecular complexity index is 349. The predicted molar refractivity (Wildman–Crippen MR) is 65.3 cm³/mol. The molecule has 1 fully saturated rings. The standard InChI is InChI=1S/C13H22N2O/c1-12(2,3)11-10-8(14-15-11)6-13(4,5)7-9(10)16/h8,10,14H,6-7H2,1-5H3/t8-,10+/m1/s1. The number of hydrogen-bond donors (Lipinski definition) is 1. The number of nitrogens with one attached hydrogen (secondary N) is 1. The van der Waals surface area contributed by atoms with Crippen molar-refractivity contribution in [3.63, 3.8) is 0 Å². The topological polar surface area (TPSA) is 41.5 Å². The zero-order valence-electron chi connectivity index (χ0n) is 10.9. The molecule has 3 nitrogen and oxygen atoms in total. The molecule has 1 heterocycles. The quantitative estimate of drug-likeness (QED) is 0.683. The monoisotopic (exact) mass is 222 g/mol. The van der Waals surface area contributed by atoms with Gasteiger partial charge in [0.25, 0.3) is 0 Å². The average molecular weight is 222 g/mol. The maximum Gasteiger partial charge on any atom is 0.144 e. The van der Waals surface area contributed by atoms with Crippen molar-refractivity contribution in [1.29, 1.82) is 0 Å². The molecule has 0 bridgehead atoms. The lowest BCUT2D eigenvalue weighted by atomic mass is 9.66. The van der Waals surface area contributed by atoms with Crippen LogP contribution in [0.15, 0.2) is 5.10 Å². The molecule has 1 aliphatic heterocycles. The highest BCUT2D eigenvalue weighted by Gasteiger charge is 2.48. The van der Waals surface area contributed by atoms with Crippen molar-refractivity contribution in [2.45, 2.75) is 53.5 Å². The van der Waals surface area contributed by atoms with Gasteiger partial charge in [0.05, 0.1) is 17.7 Å². The molecule has 0 aromatic heterocycles. The van der Waals surface area contributed by atoms with Crippen LogP contribution in [-0.2, 0) is 4.79 Å². The van der Waals surface area contributed by atoms with E-state index in [4.69, 9.17) is 0 Å². The first kappa shape index (κ1) is 11.6. The van der Waals surface area contributed by atoms with Gasteiger partial charge in [-0.2, -0.15) is 5.10 Å². The smallest absolute Gasteiger partial charge is 0.144 e. The number of nitrogens with zero attached hydrogens (tertiary/aromatic N) is 1. The lowest BCUT2D eigenvalue weighted by Crippen LogP contribution is -2.47. The fourth-order valence-electron chi connectivity index (χ4n) is 2.91. The maximum atomic E-state index is 12.2. The molecule has 0 amide bonds. The number of Topliss-reactive ketones (excluding diaryl/α,β-unsaturated/α-hetero) is 1. The van der Waals surface area contributed by atoms with Gasteiger partial charge in [0.15, 0.2) is 0 Å². The predicted octanol–water partition coefficient (Wildman–Crippen LogP) is 2.37. The summed E-state index contributed by atoms with van der Waals surface area (Å²) in [6, 6.07) is 0.227. The summed E-state index contributed by atoms with van der Waals surface area (Å²) in [5, 5.41) is 4.41. The number of hydrazone groups is 1. The first-order valence-corrected chi connectivity index (χ1v) is 6.07. The van der Waals surface area contributed by atoms with Gasteiger partial charge >= 0.3 is 0 Å². The highest BCUT2D eigenvalue weighted by Crippen LogP contribution is 2.41. The molecular weight excluding hydrogens is 200 g/mol. The van der Waals surface area contributed by atoms with Crippen LogP contribution >= 0.6 is 0 Å². The number of hydrogen-bond acceptors (Lipinski definition) is 3. The van der Waals surface area contributed by atoms with E-state index in [1.54, 1.807) is 0 Å². The Balaban J connectivity index is 2.25. The van der Waals surface area contributed by atoms with E-state index in [1.807, 2.05) is 0 Å². The molecule has 2 rings (SSSR count). The highest BCUT2D eigenvalue weighted by molar-refractivity contribution is 6.09. The summed E-state index contributed by atoms with van der Waals surface area (Å²) < 4.78 is 0. The molecule has 1 aliphatic carbocycles. The van der Waals surface area contributed by atoms with Gasteiger partial charge in [-0.1, -0.05) is 34.6 Å². The third-order valence-corrected chi connectivity index (χ3v) is 3.59. The van der Waals surface area contributed by atoms with Gasteiger partial charge in [-0.3, -0.25) is 4.79 Å². The minimum Gasteiger partial charge on any atom is -0.306 e. The zero-order chi connectivity index (χ0) is 12.1. The van der Waals surface area contributed by atoms with Crippen molar-refractivity contribution >= 4 is 11.5 Å². The van der Waals surface area contributed by atoms with Crippen LogP contribution < -0.4 is 5.43 Å². The Labute approximate surface area is 97.7 Å². The van der Waals surface area contributed by atoms with Gasteiger partial charge in [0, 0.05) is 11.8 Å². The summed E-state index contributed by atoms with van der Waals surface area (Å²) in [5.41, 5.74) is 4.32. The van der Waals surface area contributed by atoms with Gasteiger partial charge in [0.1, 0.15) is 5.78 Å². The van der Waals surface area contributed by atoms with E-state index in [-0.39, 0.29) is 22.8 Å². The van der Waals surface area contributed by atoms with Crippen molar-refractivity contribution in [3.05, 3.63) is 0 Å². The van der Waals surface area contributed by atoms with E-state index < -0.39 is 0 Å². The molecule has 3 heteroatoms. The third kappa shape index (κ3) is 1.87. The van der Waals surface area contributed by atoms with Crippen LogP contribution in [0.2, 0.25) is 0 Å². The SMILES string of the molecule is CC1(C)CC(=O)[C@H]2C(C(C)(C)C)=NN[C@@H]2C1. The van der Waals surface area contributed by atoms with Crippen LogP contribution in [0.25, 0.3) is 0 Å². The average Bonchev–Trinajstić information content (AvgIpc) is 2.43. The lowest BCUT2D eigenvalue weighted by Gasteiger charge is -2.37. The van der Waals surface area contributed by atoms with Crippen LogP contribution in [0.1, 0.15) is 47.5 Å². The number of fused-ring (bicyclic) bond motifs is 1. The zero-order valence-corrected chi connectivity index (χ0v) is 10.9. The Hall–Kier alpha value is -0.860. The van der Waals surface area contributed by atoms with Crippen LogP contribution in [0.4, 0.5) is 0 Å². The van der Waals surface area contributed by atoms with Gasteiger partial charge in [-0.25, -0.2) is 0 Å². The summed E-state index contributed by atoms with van der Waals surface area (Å²) in [6.07, 6.45) is 1.72. The van der Waals surface area contributed by atoms with Crippen LogP contribution in [-0.4, -0.2) is 17.5 Å². The molecule has 1 N–H and O–H groups in total. The molecule has 1 saturated carbocycles. The second kappa shape index (κ2) is 3.31. The molecule has 2 atom stereocenters. The van der Waals surface area contributed by atoms with Gasteiger partial charge in [-0.05, 0) is 11.8 Å². The summed E-state index contributed by atoms with van der Waals surface area (Å²) in [7, 11) is 0. The summed E-state index contributed by atoms with van der Waals surface area (Å²) in [4.78, 5) is 12.2. The molecule has 16 heavy (non-hydrogen) atoms. The fourth-order valence-corrected chi connectivity index (χ4v) is 2.91. The summed E-state index contributed by atoms with van der Waals surface area (Å²) in [6.45, 7) is 10.7. The van der Waals surface area contributed by atoms with Crippen molar-refractivity contribution in [2.24, 2.45) is 21.8 Å². The van der Waals surface area contributed by atoms with Gasteiger partial charge in [-0.15, -0.1) is 0 Å².